The third-order valence-corrected chi connectivity index (χ3v) is 4.03. The highest BCUT2D eigenvalue weighted by molar-refractivity contribution is 5.42. The van der Waals surface area contributed by atoms with Crippen LogP contribution in [0.25, 0.3) is 0 Å². The van der Waals surface area contributed by atoms with Crippen LogP contribution < -0.4 is 15.2 Å². The predicted octanol–water partition coefficient (Wildman–Crippen LogP) is 2.82. The molecule has 4 nitrogen and oxygen atoms in total. The van der Waals surface area contributed by atoms with E-state index in [1.165, 1.54) is 0 Å². The zero-order valence-electron chi connectivity index (χ0n) is 13.3. The average molecular weight is 280 g/mol. The molecular weight excluding hydrogens is 252 g/mol. The Bertz CT molecular complexity index is 405. The Balaban J connectivity index is 3.11. The Hall–Kier alpha value is -1.26. The minimum Gasteiger partial charge on any atom is -0.497 e. The van der Waals surface area contributed by atoms with E-state index in [1.807, 2.05) is 18.2 Å². The van der Waals surface area contributed by atoms with Crippen LogP contribution in [0.1, 0.15) is 38.3 Å². The molecule has 1 aromatic rings. The summed E-state index contributed by atoms with van der Waals surface area (Å²) in [5.41, 5.74) is 7.13. The molecule has 1 aromatic carbocycles. The van der Waals surface area contributed by atoms with Crippen LogP contribution in [0.5, 0.6) is 11.5 Å². The van der Waals surface area contributed by atoms with Crippen molar-refractivity contribution in [3.05, 3.63) is 23.8 Å². The lowest BCUT2D eigenvalue weighted by Gasteiger charge is -2.34. The van der Waals surface area contributed by atoms with Crippen molar-refractivity contribution in [1.29, 1.82) is 0 Å². The quantitative estimate of drug-likeness (QED) is 0.795. The molecule has 0 fully saturated rings. The number of hydrogen-bond donors (Lipinski definition) is 1. The van der Waals surface area contributed by atoms with E-state index in [9.17, 15) is 0 Å². The molecule has 4 heteroatoms. The molecule has 0 aromatic heterocycles. The third kappa shape index (κ3) is 3.64. The molecule has 1 atom stereocenters. The van der Waals surface area contributed by atoms with Gasteiger partial charge in [-0.15, -0.1) is 0 Å². The first-order chi connectivity index (χ1) is 9.62. The van der Waals surface area contributed by atoms with Crippen molar-refractivity contribution in [2.75, 3.05) is 27.8 Å². The molecule has 0 aliphatic rings. The molecule has 0 aliphatic carbocycles. The van der Waals surface area contributed by atoms with E-state index in [4.69, 9.17) is 15.2 Å². The van der Waals surface area contributed by atoms with E-state index in [1.54, 1.807) is 14.2 Å². The second kappa shape index (κ2) is 8.12. The van der Waals surface area contributed by atoms with Crippen LogP contribution in [0.15, 0.2) is 18.2 Å². The van der Waals surface area contributed by atoms with Crippen LogP contribution in [0.3, 0.4) is 0 Å². The Labute approximate surface area is 122 Å². The maximum absolute atomic E-state index is 6.02. The molecule has 2 N–H and O–H groups in total. The normalized spacial score (nSPS) is 12.8. The summed E-state index contributed by atoms with van der Waals surface area (Å²) in [6, 6.07) is 6.60. The number of likely N-dealkylation sites (N-methyl/N-ethyl adjacent to an activating group) is 1. The topological polar surface area (TPSA) is 47.7 Å². The molecule has 114 valence electrons. The molecule has 20 heavy (non-hydrogen) atoms. The molecule has 0 spiro atoms. The Morgan fingerprint density at radius 2 is 1.80 bits per heavy atom. The smallest absolute Gasteiger partial charge is 0.127 e. The minimum absolute atomic E-state index is 0.153. The van der Waals surface area contributed by atoms with Crippen LogP contribution in [0.2, 0.25) is 0 Å². The van der Waals surface area contributed by atoms with Crippen LogP contribution in [-0.4, -0.2) is 38.8 Å². The second-order valence-electron chi connectivity index (χ2n) is 5.00. The van der Waals surface area contributed by atoms with Crippen LogP contribution in [0, 0.1) is 0 Å². The lowest BCUT2D eigenvalue weighted by molar-refractivity contribution is 0.165. The molecule has 0 bridgehead atoms. The summed E-state index contributed by atoms with van der Waals surface area (Å²) >= 11 is 0. The summed E-state index contributed by atoms with van der Waals surface area (Å²) < 4.78 is 10.8. The van der Waals surface area contributed by atoms with Crippen LogP contribution in [0.4, 0.5) is 0 Å². The highest BCUT2D eigenvalue weighted by Gasteiger charge is 2.24. The van der Waals surface area contributed by atoms with Gasteiger partial charge in [0.1, 0.15) is 11.5 Å². The van der Waals surface area contributed by atoms with E-state index in [0.29, 0.717) is 12.6 Å². The molecule has 0 amide bonds. The molecule has 0 saturated heterocycles. The largest absolute Gasteiger partial charge is 0.497 e. The van der Waals surface area contributed by atoms with Crippen molar-refractivity contribution in [2.24, 2.45) is 5.73 Å². The van der Waals surface area contributed by atoms with E-state index in [2.05, 4.69) is 25.8 Å². The minimum atomic E-state index is 0.153. The first-order valence-electron chi connectivity index (χ1n) is 7.26. The van der Waals surface area contributed by atoms with Crippen LogP contribution >= 0.6 is 0 Å². The highest BCUT2D eigenvalue weighted by atomic mass is 16.5. The van der Waals surface area contributed by atoms with E-state index >= 15 is 0 Å². The number of hydrogen-bond acceptors (Lipinski definition) is 4. The van der Waals surface area contributed by atoms with Crippen molar-refractivity contribution in [2.45, 2.75) is 38.8 Å². The molecule has 0 aliphatic heterocycles. The number of methoxy groups -OCH3 is 2. The van der Waals surface area contributed by atoms with Gasteiger partial charge in [0.05, 0.1) is 20.3 Å². The van der Waals surface area contributed by atoms with Gasteiger partial charge in [0.25, 0.3) is 0 Å². The maximum Gasteiger partial charge on any atom is 0.127 e. The molecule has 0 saturated carbocycles. The van der Waals surface area contributed by atoms with Crippen LogP contribution in [-0.2, 0) is 0 Å². The number of nitrogens with zero attached hydrogens (tertiary/aromatic N) is 1. The number of nitrogens with two attached hydrogens (primary N) is 1. The van der Waals surface area contributed by atoms with Crippen molar-refractivity contribution in [1.82, 2.24) is 4.90 Å². The summed E-state index contributed by atoms with van der Waals surface area (Å²) in [7, 11) is 5.48. The molecule has 0 heterocycles. The lowest BCUT2D eigenvalue weighted by Crippen LogP contribution is -2.38. The van der Waals surface area contributed by atoms with Gasteiger partial charge in [0.15, 0.2) is 0 Å². The summed E-state index contributed by atoms with van der Waals surface area (Å²) in [6.07, 6.45) is 2.23. The monoisotopic (exact) mass is 280 g/mol. The molecular formula is C16H28N2O2. The second-order valence-corrected chi connectivity index (χ2v) is 5.00. The van der Waals surface area contributed by atoms with Gasteiger partial charge < -0.3 is 15.2 Å². The Kier molecular flexibility index (Phi) is 6.82. The average Bonchev–Trinajstić information content (AvgIpc) is 2.49. The fourth-order valence-electron chi connectivity index (χ4n) is 2.73. The maximum atomic E-state index is 6.02. The zero-order valence-corrected chi connectivity index (χ0v) is 13.3. The first kappa shape index (κ1) is 16.8. The number of benzene rings is 1. The van der Waals surface area contributed by atoms with Gasteiger partial charge in [0, 0.05) is 24.2 Å². The van der Waals surface area contributed by atoms with Crippen molar-refractivity contribution in [3.8, 4) is 11.5 Å². The van der Waals surface area contributed by atoms with Gasteiger partial charge in [-0.3, -0.25) is 4.90 Å². The van der Waals surface area contributed by atoms with E-state index in [0.717, 1.165) is 29.9 Å². The summed E-state index contributed by atoms with van der Waals surface area (Å²) in [5, 5.41) is 0. The van der Waals surface area contributed by atoms with E-state index in [-0.39, 0.29) is 6.04 Å². The van der Waals surface area contributed by atoms with Gasteiger partial charge >= 0.3 is 0 Å². The third-order valence-electron chi connectivity index (χ3n) is 4.03. The highest BCUT2D eigenvalue weighted by Crippen LogP contribution is 2.33. The van der Waals surface area contributed by atoms with Crippen molar-refractivity contribution >= 4 is 0 Å². The Morgan fingerprint density at radius 1 is 1.15 bits per heavy atom. The number of ether oxygens (including phenoxy) is 2. The van der Waals surface area contributed by atoms with Gasteiger partial charge in [0.2, 0.25) is 0 Å². The van der Waals surface area contributed by atoms with Gasteiger partial charge in [-0.2, -0.15) is 0 Å². The lowest BCUT2D eigenvalue weighted by atomic mass is 10.0. The predicted molar refractivity (Wildman–Crippen MR) is 83.5 cm³/mol. The summed E-state index contributed by atoms with van der Waals surface area (Å²) in [4.78, 5) is 2.35. The van der Waals surface area contributed by atoms with Gasteiger partial charge in [-0.25, -0.2) is 0 Å². The van der Waals surface area contributed by atoms with Crippen molar-refractivity contribution in [3.63, 3.8) is 0 Å². The molecule has 1 rings (SSSR count). The summed E-state index contributed by atoms with van der Waals surface area (Å²) in [5.74, 6) is 1.63. The number of rotatable bonds is 8. The van der Waals surface area contributed by atoms with Gasteiger partial charge in [-0.05, 0) is 26.0 Å². The standard InChI is InChI=1S/C16H28N2O2/c1-6-12(7-2)18(3)15(11-17)14-9-8-13(19-4)10-16(14)20-5/h8-10,12,15H,6-7,11,17H2,1-5H3. The molecule has 0 radical (unpaired) electrons. The van der Waals surface area contributed by atoms with Gasteiger partial charge in [-0.1, -0.05) is 19.9 Å². The Morgan fingerprint density at radius 3 is 2.25 bits per heavy atom. The van der Waals surface area contributed by atoms with E-state index < -0.39 is 0 Å². The zero-order chi connectivity index (χ0) is 15.1. The summed E-state index contributed by atoms with van der Waals surface area (Å²) in [6.45, 7) is 4.99. The van der Waals surface area contributed by atoms with Crippen molar-refractivity contribution < 1.29 is 9.47 Å². The fraction of sp³-hybridized carbons (Fsp3) is 0.625. The first-order valence-corrected chi connectivity index (χ1v) is 7.26. The SMILES string of the molecule is CCC(CC)N(C)C(CN)c1ccc(OC)cc1OC. The fourth-order valence-corrected chi connectivity index (χ4v) is 2.73. The molecule has 1 unspecified atom stereocenters.